The molecule has 5 rings (SSSR count). The van der Waals surface area contributed by atoms with Gasteiger partial charge in [-0.25, -0.2) is 0 Å². The fraction of sp³-hybridized carbons (Fsp3) is 0. The normalized spacial score (nSPS) is 16.8. The summed E-state index contributed by atoms with van der Waals surface area (Å²) in [6.07, 6.45) is 1.44. The van der Waals surface area contributed by atoms with Crippen molar-refractivity contribution in [3.05, 3.63) is 92.6 Å². The summed E-state index contributed by atoms with van der Waals surface area (Å²) in [7, 11) is 0. The Morgan fingerprint density at radius 3 is 2.27 bits per heavy atom. The third-order valence-corrected chi connectivity index (χ3v) is 6.27. The molecule has 0 N–H and O–H groups in total. The van der Waals surface area contributed by atoms with Crippen molar-refractivity contribution in [2.45, 2.75) is 0 Å². The predicted octanol–water partition coefficient (Wildman–Crippen LogP) is 4.27. The highest BCUT2D eigenvalue weighted by atomic mass is 32.2. The third kappa shape index (κ3) is 3.43. The second-order valence-electron chi connectivity index (χ2n) is 6.97. The molecule has 0 aliphatic carbocycles. The van der Waals surface area contributed by atoms with E-state index in [1.165, 1.54) is 30.3 Å². The summed E-state index contributed by atoms with van der Waals surface area (Å²) in [5.41, 5.74) is 0.830. The van der Waals surface area contributed by atoms with Crippen LogP contribution < -0.4 is 0 Å². The van der Waals surface area contributed by atoms with Gasteiger partial charge in [0.2, 0.25) is 0 Å². The summed E-state index contributed by atoms with van der Waals surface area (Å²) in [6, 6.07) is 15.5. The van der Waals surface area contributed by atoms with Gasteiger partial charge in [-0.05, 0) is 36.5 Å². The molecule has 0 saturated carbocycles. The number of hydrogen-bond acceptors (Lipinski definition) is 8. The third-order valence-electron chi connectivity index (χ3n) is 4.99. The molecule has 0 atom stereocenters. The number of amides is 3. The number of thioether (sulfide) groups is 1. The lowest BCUT2D eigenvalue weighted by Gasteiger charge is -2.23. The number of nitrogens with zero attached hydrogens (tertiary/aromatic N) is 3. The van der Waals surface area contributed by atoms with Crippen molar-refractivity contribution in [2.75, 3.05) is 0 Å². The molecule has 1 aromatic heterocycles. The van der Waals surface area contributed by atoms with E-state index >= 15 is 0 Å². The van der Waals surface area contributed by atoms with E-state index in [9.17, 15) is 24.5 Å². The summed E-state index contributed by atoms with van der Waals surface area (Å²) in [5, 5.41) is 12.6. The molecule has 2 aromatic carbocycles. The number of furan rings is 1. The van der Waals surface area contributed by atoms with Gasteiger partial charge >= 0.3 is 0 Å². The van der Waals surface area contributed by atoms with Crippen LogP contribution in [0.25, 0.3) is 17.4 Å². The molecule has 33 heavy (non-hydrogen) atoms. The van der Waals surface area contributed by atoms with Gasteiger partial charge < -0.3 is 4.42 Å². The van der Waals surface area contributed by atoms with E-state index in [0.717, 1.165) is 21.8 Å². The Morgan fingerprint density at radius 2 is 1.61 bits per heavy atom. The first-order valence-electron chi connectivity index (χ1n) is 9.45. The van der Waals surface area contributed by atoms with Crippen molar-refractivity contribution in [1.82, 2.24) is 10.0 Å². The van der Waals surface area contributed by atoms with E-state index < -0.39 is 22.6 Å². The zero-order valence-corrected chi connectivity index (χ0v) is 18.1. The number of rotatable bonds is 4. The minimum atomic E-state index is -0.632. The molecule has 1 saturated heterocycles. The summed E-state index contributed by atoms with van der Waals surface area (Å²) in [6.45, 7) is 0. The number of carbonyl (C=O) groups is 3. The minimum Gasteiger partial charge on any atom is -0.457 e. The molecule has 3 amide bonds. The molecule has 162 valence electrons. The molecule has 0 spiro atoms. The van der Waals surface area contributed by atoms with Crippen LogP contribution in [-0.4, -0.2) is 37.0 Å². The summed E-state index contributed by atoms with van der Waals surface area (Å²) in [4.78, 5) is 49.2. The molecule has 3 aromatic rings. The first-order valence-corrected chi connectivity index (χ1v) is 10.7. The summed E-state index contributed by atoms with van der Waals surface area (Å²) in [5.74, 6) is -1.20. The minimum absolute atomic E-state index is 0.0335. The smallest absolute Gasteiger partial charge is 0.285 e. The lowest BCUT2D eigenvalue weighted by molar-refractivity contribution is -0.384. The van der Waals surface area contributed by atoms with E-state index in [0.29, 0.717) is 17.1 Å². The Bertz CT molecular complexity index is 1390. The Hall–Kier alpha value is -4.09. The van der Waals surface area contributed by atoms with Crippen LogP contribution in [0.1, 0.15) is 26.5 Å². The highest BCUT2D eigenvalue weighted by molar-refractivity contribution is 8.26. The molecular formula is C22H11N3O6S2. The Labute approximate surface area is 195 Å². The number of benzene rings is 2. The number of imide groups is 1. The van der Waals surface area contributed by atoms with E-state index in [1.807, 2.05) is 0 Å². The van der Waals surface area contributed by atoms with Gasteiger partial charge in [0.25, 0.3) is 23.4 Å². The SMILES string of the molecule is O=C1/C(=C/c2ccc(-c3cccc([N+](=O)[O-])c3)o2)SC(=S)N1N1C(=O)c2ccccc2C1=O. The molecule has 9 nitrogen and oxygen atoms in total. The van der Waals surface area contributed by atoms with Gasteiger partial charge in [0.15, 0.2) is 4.32 Å². The Kier molecular flexibility index (Phi) is 4.91. The van der Waals surface area contributed by atoms with Crippen molar-refractivity contribution in [3.8, 4) is 11.3 Å². The average Bonchev–Trinajstić information content (AvgIpc) is 3.45. The van der Waals surface area contributed by atoms with Gasteiger partial charge in [-0.3, -0.25) is 24.5 Å². The van der Waals surface area contributed by atoms with E-state index in [-0.39, 0.29) is 26.0 Å². The molecule has 1 fully saturated rings. The topological polar surface area (TPSA) is 114 Å². The summed E-state index contributed by atoms with van der Waals surface area (Å²) >= 11 is 6.20. The molecule has 0 radical (unpaired) electrons. The monoisotopic (exact) mass is 477 g/mol. The number of nitro groups is 1. The number of nitro benzene ring substituents is 1. The van der Waals surface area contributed by atoms with Gasteiger partial charge in [0.1, 0.15) is 11.5 Å². The molecular weight excluding hydrogens is 466 g/mol. The zero-order valence-electron chi connectivity index (χ0n) is 16.5. The van der Waals surface area contributed by atoms with Crippen molar-refractivity contribution >= 4 is 57.8 Å². The quantitative estimate of drug-likeness (QED) is 0.180. The fourth-order valence-corrected chi connectivity index (χ4v) is 4.70. The van der Waals surface area contributed by atoms with Crippen LogP contribution in [0.3, 0.4) is 0 Å². The number of non-ortho nitro benzene ring substituents is 1. The van der Waals surface area contributed by atoms with Crippen molar-refractivity contribution < 1.29 is 23.7 Å². The van der Waals surface area contributed by atoms with Gasteiger partial charge in [-0.1, -0.05) is 36.0 Å². The van der Waals surface area contributed by atoms with Crippen LogP contribution in [0, 0.1) is 10.1 Å². The lowest BCUT2D eigenvalue weighted by atomic mass is 10.1. The number of hydrazine groups is 1. The maximum Gasteiger partial charge on any atom is 0.285 e. The first-order chi connectivity index (χ1) is 15.8. The second-order valence-corrected chi connectivity index (χ2v) is 8.65. The van der Waals surface area contributed by atoms with Gasteiger partial charge in [0.05, 0.1) is 21.0 Å². The van der Waals surface area contributed by atoms with Crippen LogP contribution in [-0.2, 0) is 4.79 Å². The average molecular weight is 477 g/mol. The molecule has 0 unspecified atom stereocenters. The highest BCUT2D eigenvalue weighted by Gasteiger charge is 2.47. The van der Waals surface area contributed by atoms with Gasteiger partial charge in [-0.15, -0.1) is 0 Å². The highest BCUT2D eigenvalue weighted by Crippen LogP contribution is 2.37. The van der Waals surface area contributed by atoms with Crippen molar-refractivity contribution in [1.29, 1.82) is 0 Å². The maximum atomic E-state index is 13.0. The van der Waals surface area contributed by atoms with Crippen molar-refractivity contribution in [3.63, 3.8) is 0 Å². The first kappa shape index (κ1) is 20.8. The van der Waals surface area contributed by atoms with Crippen molar-refractivity contribution in [2.24, 2.45) is 0 Å². The maximum absolute atomic E-state index is 13.0. The second kappa shape index (κ2) is 7.80. The Balaban J connectivity index is 1.42. The van der Waals surface area contributed by atoms with Gasteiger partial charge in [-0.2, -0.15) is 10.0 Å². The Morgan fingerprint density at radius 1 is 0.909 bits per heavy atom. The van der Waals surface area contributed by atoms with Crippen LogP contribution >= 0.6 is 24.0 Å². The number of hydrogen-bond donors (Lipinski definition) is 0. The number of thiocarbonyl (C=S) groups is 1. The molecule has 2 aliphatic rings. The molecule has 2 aliphatic heterocycles. The summed E-state index contributed by atoms with van der Waals surface area (Å²) < 4.78 is 5.76. The van der Waals surface area contributed by atoms with Crippen LogP contribution in [0.15, 0.2) is 70.0 Å². The molecule has 3 heterocycles. The largest absolute Gasteiger partial charge is 0.457 e. The molecule has 11 heteroatoms. The van der Waals surface area contributed by atoms with Crippen LogP contribution in [0.2, 0.25) is 0 Å². The van der Waals surface area contributed by atoms with Crippen LogP contribution in [0.5, 0.6) is 0 Å². The van der Waals surface area contributed by atoms with Crippen LogP contribution in [0.4, 0.5) is 5.69 Å². The number of carbonyl (C=O) groups excluding carboxylic acids is 3. The number of fused-ring (bicyclic) bond motifs is 1. The lowest BCUT2D eigenvalue weighted by Crippen LogP contribution is -2.48. The molecule has 0 bridgehead atoms. The van der Waals surface area contributed by atoms with E-state index in [1.54, 1.807) is 36.4 Å². The fourth-order valence-electron chi connectivity index (χ4n) is 3.48. The van der Waals surface area contributed by atoms with E-state index in [2.05, 4.69) is 0 Å². The zero-order chi connectivity index (χ0) is 23.3. The standard InChI is InChI=1S/C22H11N3O6S2/c26-19-15-6-1-2-7-16(15)20(27)23(19)24-21(28)18(33-22(24)32)11-14-8-9-17(31-14)12-4-3-5-13(10-12)25(29)30/h1-11H/b18-11-. The van der Waals surface area contributed by atoms with Gasteiger partial charge in [0, 0.05) is 23.8 Å². The predicted molar refractivity (Wildman–Crippen MR) is 123 cm³/mol. The van der Waals surface area contributed by atoms with E-state index in [4.69, 9.17) is 16.6 Å².